The average Bonchev–Trinajstić information content (AvgIpc) is 2.54. The second-order valence-electron chi connectivity index (χ2n) is 4.58. The Morgan fingerprint density at radius 3 is 2.43 bits per heavy atom. The molecular weight excluding hydrogens is 318 g/mol. The first-order chi connectivity index (χ1) is 11.0. The lowest BCUT2D eigenvalue weighted by Gasteiger charge is -2.13. The lowest BCUT2D eigenvalue weighted by Crippen LogP contribution is -2.14. The molecule has 7 heteroatoms. The summed E-state index contributed by atoms with van der Waals surface area (Å²) in [5, 5.41) is 0. The molecule has 0 heterocycles. The first kappa shape index (κ1) is 17.0. The maximum Gasteiger partial charge on any atom is 0.265 e. The number of hydrogen-bond acceptors (Lipinski definition) is 5. The summed E-state index contributed by atoms with van der Waals surface area (Å²) >= 11 is 0. The zero-order valence-corrected chi connectivity index (χ0v) is 14.0. The van der Waals surface area contributed by atoms with Gasteiger partial charge in [0.05, 0.1) is 26.5 Å². The number of anilines is 1. The molecule has 1 N–H and O–H groups in total. The number of benzene rings is 2. The molecule has 2 aromatic rings. The second-order valence-corrected chi connectivity index (χ2v) is 6.23. The summed E-state index contributed by atoms with van der Waals surface area (Å²) in [6, 6.07) is 11.3. The second kappa shape index (κ2) is 7.23. The Morgan fingerprint density at radius 2 is 1.78 bits per heavy atom. The van der Waals surface area contributed by atoms with Crippen LogP contribution in [0.1, 0.15) is 6.92 Å². The van der Waals surface area contributed by atoms with Crippen LogP contribution in [0.25, 0.3) is 0 Å². The van der Waals surface area contributed by atoms with E-state index in [9.17, 15) is 8.42 Å². The number of methoxy groups -OCH3 is 2. The fraction of sp³-hybridized carbons (Fsp3) is 0.250. The molecule has 0 aromatic heterocycles. The van der Waals surface area contributed by atoms with Gasteiger partial charge in [0.1, 0.15) is 22.1 Å². The predicted octanol–water partition coefficient (Wildman–Crippen LogP) is 2.90. The topological polar surface area (TPSA) is 73.9 Å². The molecule has 0 bridgehead atoms. The van der Waals surface area contributed by atoms with E-state index in [1.165, 1.54) is 20.3 Å². The van der Waals surface area contributed by atoms with Gasteiger partial charge in [0.2, 0.25) is 0 Å². The van der Waals surface area contributed by atoms with E-state index < -0.39 is 10.0 Å². The summed E-state index contributed by atoms with van der Waals surface area (Å²) in [6.07, 6.45) is 0. The maximum atomic E-state index is 12.6. The Balaban J connectivity index is 2.37. The smallest absolute Gasteiger partial charge is 0.265 e. The molecule has 0 fully saturated rings. The van der Waals surface area contributed by atoms with Crippen LogP contribution in [-0.2, 0) is 10.0 Å². The van der Waals surface area contributed by atoms with Crippen molar-refractivity contribution < 1.29 is 22.6 Å². The van der Waals surface area contributed by atoms with Crippen molar-refractivity contribution in [3.05, 3.63) is 42.5 Å². The van der Waals surface area contributed by atoms with E-state index >= 15 is 0 Å². The maximum absolute atomic E-state index is 12.6. The molecule has 0 unspecified atom stereocenters. The van der Waals surface area contributed by atoms with E-state index in [1.54, 1.807) is 36.4 Å². The fourth-order valence-electron chi connectivity index (χ4n) is 2.02. The third-order valence-electron chi connectivity index (χ3n) is 3.06. The molecule has 6 nitrogen and oxygen atoms in total. The van der Waals surface area contributed by atoms with Gasteiger partial charge in [-0.05, 0) is 31.2 Å². The van der Waals surface area contributed by atoms with Gasteiger partial charge in [-0.25, -0.2) is 8.42 Å². The largest absolute Gasteiger partial charge is 0.497 e. The molecule has 0 amide bonds. The Bertz CT molecular complexity index is 774. The van der Waals surface area contributed by atoms with Gasteiger partial charge in [0.25, 0.3) is 10.0 Å². The van der Waals surface area contributed by atoms with E-state index in [4.69, 9.17) is 14.2 Å². The van der Waals surface area contributed by atoms with E-state index in [2.05, 4.69) is 4.72 Å². The molecule has 0 spiro atoms. The van der Waals surface area contributed by atoms with Crippen molar-refractivity contribution >= 4 is 15.7 Å². The molecule has 0 radical (unpaired) electrons. The Kier molecular flexibility index (Phi) is 5.33. The van der Waals surface area contributed by atoms with Crippen molar-refractivity contribution in [3.63, 3.8) is 0 Å². The van der Waals surface area contributed by atoms with Crippen molar-refractivity contribution in [2.24, 2.45) is 0 Å². The zero-order valence-electron chi connectivity index (χ0n) is 13.2. The van der Waals surface area contributed by atoms with Crippen LogP contribution in [0.15, 0.2) is 47.4 Å². The highest BCUT2D eigenvalue weighted by Gasteiger charge is 2.21. The first-order valence-electron chi connectivity index (χ1n) is 6.98. The van der Waals surface area contributed by atoms with Crippen LogP contribution in [0.3, 0.4) is 0 Å². The summed E-state index contributed by atoms with van der Waals surface area (Å²) in [4.78, 5) is 0.00108. The third kappa shape index (κ3) is 4.07. The number of nitrogens with one attached hydrogen (secondary N) is 1. The van der Waals surface area contributed by atoms with E-state index in [-0.39, 0.29) is 10.6 Å². The fourth-order valence-corrected chi connectivity index (χ4v) is 3.25. The molecule has 0 aliphatic carbocycles. The third-order valence-corrected chi connectivity index (χ3v) is 4.46. The van der Waals surface area contributed by atoms with Gasteiger partial charge in [-0.3, -0.25) is 4.72 Å². The minimum absolute atomic E-state index is 0.00108. The summed E-state index contributed by atoms with van der Waals surface area (Å²) < 4.78 is 43.4. The van der Waals surface area contributed by atoms with Crippen LogP contribution in [0, 0.1) is 0 Å². The summed E-state index contributed by atoms with van der Waals surface area (Å²) in [7, 11) is -0.948. The molecular formula is C16H19NO5S. The van der Waals surface area contributed by atoms with E-state index in [0.29, 0.717) is 23.8 Å². The van der Waals surface area contributed by atoms with Crippen LogP contribution in [-0.4, -0.2) is 29.2 Å². The van der Waals surface area contributed by atoms with Gasteiger partial charge < -0.3 is 14.2 Å². The van der Waals surface area contributed by atoms with Crippen LogP contribution >= 0.6 is 0 Å². The zero-order chi connectivity index (χ0) is 16.9. The normalized spacial score (nSPS) is 10.9. The van der Waals surface area contributed by atoms with Crippen LogP contribution < -0.4 is 18.9 Å². The van der Waals surface area contributed by atoms with Crippen molar-refractivity contribution in [2.45, 2.75) is 11.8 Å². The molecule has 0 aliphatic heterocycles. The van der Waals surface area contributed by atoms with Gasteiger partial charge in [0, 0.05) is 12.1 Å². The summed E-state index contributed by atoms with van der Waals surface area (Å²) in [5.41, 5.74) is 0.404. The van der Waals surface area contributed by atoms with Crippen molar-refractivity contribution in [2.75, 3.05) is 25.5 Å². The lowest BCUT2D eigenvalue weighted by molar-refractivity contribution is 0.340. The van der Waals surface area contributed by atoms with Gasteiger partial charge >= 0.3 is 0 Å². The van der Waals surface area contributed by atoms with Gasteiger partial charge in [-0.15, -0.1) is 0 Å². The summed E-state index contributed by atoms with van der Waals surface area (Å²) in [6.45, 7) is 2.36. The Morgan fingerprint density at radius 1 is 1.00 bits per heavy atom. The van der Waals surface area contributed by atoms with E-state index in [0.717, 1.165) is 0 Å². The highest BCUT2D eigenvalue weighted by Crippen LogP contribution is 2.30. The highest BCUT2D eigenvalue weighted by molar-refractivity contribution is 7.92. The summed E-state index contributed by atoms with van der Waals surface area (Å²) in [5.74, 6) is 1.25. The van der Waals surface area contributed by atoms with Gasteiger partial charge in [-0.2, -0.15) is 0 Å². The van der Waals surface area contributed by atoms with Crippen LogP contribution in [0.4, 0.5) is 5.69 Å². The number of sulfonamides is 1. The molecule has 2 aromatic carbocycles. The lowest BCUT2D eigenvalue weighted by atomic mass is 10.3. The molecule has 0 aliphatic rings. The Hall–Kier alpha value is -2.41. The molecule has 2 rings (SSSR count). The molecule has 0 saturated heterocycles. The quantitative estimate of drug-likeness (QED) is 0.841. The molecule has 23 heavy (non-hydrogen) atoms. The van der Waals surface area contributed by atoms with Gasteiger partial charge in [-0.1, -0.05) is 6.07 Å². The molecule has 0 saturated carbocycles. The van der Waals surface area contributed by atoms with Gasteiger partial charge in [0.15, 0.2) is 0 Å². The van der Waals surface area contributed by atoms with Crippen molar-refractivity contribution in [3.8, 4) is 17.2 Å². The molecule has 0 atom stereocenters. The van der Waals surface area contributed by atoms with Crippen molar-refractivity contribution in [1.29, 1.82) is 0 Å². The van der Waals surface area contributed by atoms with Crippen LogP contribution in [0.5, 0.6) is 17.2 Å². The first-order valence-corrected chi connectivity index (χ1v) is 8.46. The SMILES string of the molecule is CCOc1cccc(NS(=O)(=O)c2cc(OC)ccc2OC)c1. The average molecular weight is 337 g/mol. The van der Waals surface area contributed by atoms with E-state index in [1.807, 2.05) is 6.92 Å². The van der Waals surface area contributed by atoms with Crippen LogP contribution in [0.2, 0.25) is 0 Å². The number of rotatable bonds is 7. The molecule has 124 valence electrons. The minimum Gasteiger partial charge on any atom is -0.497 e. The minimum atomic E-state index is -3.83. The number of ether oxygens (including phenoxy) is 3. The highest BCUT2D eigenvalue weighted by atomic mass is 32.2. The standard InChI is InChI=1S/C16H19NO5S/c1-4-22-14-7-5-6-12(10-14)17-23(18,19)16-11-13(20-2)8-9-15(16)21-3/h5-11,17H,4H2,1-3H3. The van der Waals surface area contributed by atoms with Crippen molar-refractivity contribution in [1.82, 2.24) is 0 Å². The monoisotopic (exact) mass is 337 g/mol. The predicted molar refractivity (Wildman–Crippen MR) is 88.0 cm³/mol. The Labute approximate surface area is 136 Å². The number of hydrogen-bond donors (Lipinski definition) is 1.